The Balaban J connectivity index is 1.61. The third-order valence-electron chi connectivity index (χ3n) is 7.83. The minimum absolute atomic E-state index is 0.00326. The molecule has 0 amide bonds. The number of rotatable bonds is 2. The number of carbonyl (C=O) groups is 1. The third kappa shape index (κ3) is 2.19. The summed E-state index contributed by atoms with van der Waals surface area (Å²) in [6.45, 7) is 2.26. The quantitative estimate of drug-likeness (QED) is 0.563. The van der Waals surface area contributed by atoms with Crippen molar-refractivity contribution < 1.29 is 14.3 Å². The van der Waals surface area contributed by atoms with E-state index in [2.05, 4.69) is 6.92 Å². The summed E-state index contributed by atoms with van der Waals surface area (Å²) in [5.41, 5.74) is 3.32. The van der Waals surface area contributed by atoms with Gasteiger partial charge in [-0.25, -0.2) is 0 Å². The number of Topliss-reactive ketones (excluding diaryl/α,β-unsaturated/α-hetero) is 1. The molecule has 3 nitrogen and oxygen atoms in total. The van der Waals surface area contributed by atoms with Gasteiger partial charge >= 0.3 is 0 Å². The van der Waals surface area contributed by atoms with Gasteiger partial charge in [-0.1, -0.05) is 18.1 Å². The first-order valence-corrected chi connectivity index (χ1v) is 9.37. The third-order valence-corrected chi connectivity index (χ3v) is 7.83. The lowest BCUT2D eigenvalue weighted by Gasteiger charge is -2.51. The molecular formula is C20H30O3. The van der Waals surface area contributed by atoms with Gasteiger partial charge in [-0.3, -0.25) is 4.79 Å². The fraction of sp³-hybridized carbons (Fsp3) is 0.850. The maximum Gasteiger partial charge on any atom is 0.171 e. The summed E-state index contributed by atoms with van der Waals surface area (Å²) in [7, 11) is 3.55. The van der Waals surface area contributed by atoms with Crippen LogP contribution in [-0.4, -0.2) is 25.8 Å². The maximum atomic E-state index is 12.4. The summed E-state index contributed by atoms with van der Waals surface area (Å²) in [6.07, 6.45) is 9.78. The smallest absolute Gasteiger partial charge is 0.171 e. The summed E-state index contributed by atoms with van der Waals surface area (Å²) >= 11 is 0. The van der Waals surface area contributed by atoms with Crippen LogP contribution in [0, 0.1) is 23.2 Å². The molecule has 3 heteroatoms. The summed E-state index contributed by atoms with van der Waals surface area (Å²) in [5, 5.41) is 0. The van der Waals surface area contributed by atoms with Crippen LogP contribution in [0.25, 0.3) is 0 Å². The van der Waals surface area contributed by atoms with E-state index in [-0.39, 0.29) is 5.41 Å². The van der Waals surface area contributed by atoms with E-state index < -0.39 is 5.79 Å². The highest BCUT2D eigenvalue weighted by Crippen LogP contribution is 2.60. The lowest BCUT2D eigenvalue weighted by molar-refractivity contribution is -0.213. The molecule has 2 fully saturated rings. The molecule has 0 bridgehead atoms. The number of fused-ring (bicyclic) bond motifs is 4. The second-order valence-corrected chi connectivity index (χ2v) is 8.46. The van der Waals surface area contributed by atoms with Gasteiger partial charge in [0.1, 0.15) is 5.78 Å². The van der Waals surface area contributed by atoms with Crippen molar-refractivity contribution >= 4 is 5.78 Å². The Labute approximate surface area is 139 Å². The summed E-state index contributed by atoms with van der Waals surface area (Å²) in [5.74, 6) is 2.27. The normalized spacial score (nSPS) is 42.2. The Kier molecular flexibility index (Phi) is 3.73. The maximum absolute atomic E-state index is 12.4. The van der Waals surface area contributed by atoms with E-state index in [0.29, 0.717) is 11.7 Å². The Bertz CT molecular complexity index is 545. The molecule has 4 unspecified atom stereocenters. The predicted molar refractivity (Wildman–Crippen MR) is 88.9 cm³/mol. The second-order valence-electron chi connectivity index (χ2n) is 8.46. The Morgan fingerprint density at radius 1 is 1.00 bits per heavy atom. The van der Waals surface area contributed by atoms with Gasteiger partial charge in [-0.05, 0) is 56.3 Å². The van der Waals surface area contributed by atoms with Crippen LogP contribution in [0.15, 0.2) is 11.1 Å². The van der Waals surface area contributed by atoms with Crippen LogP contribution in [0.5, 0.6) is 0 Å². The molecule has 0 heterocycles. The van der Waals surface area contributed by atoms with E-state index in [1.165, 1.54) is 19.3 Å². The van der Waals surface area contributed by atoms with Crippen molar-refractivity contribution in [3.8, 4) is 0 Å². The van der Waals surface area contributed by atoms with Gasteiger partial charge in [0.2, 0.25) is 0 Å². The Morgan fingerprint density at radius 3 is 2.52 bits per heavy atom. The molecule has 4 aliphatic rings. The molecule has 2 saturated carbocycles. The predicted octanol–water partition coefficient (Wildman–Crippen LogP) is 4.26. The zero-order valence-electron chi connectivity index (χ0n) is 14.8. The zero-order valence-corrected chi connectivity index (χ0v) is 14.8. The molecule has 0 spiro atoms. The lowest BCUT2D eigenvalue weighted by atomic mass is 9.54. The van der Waals surface area contributed by atoms with Gasteiger partial charge in [0.15, 0.2) is 5.79 Å². The Hall–Kier alpha value is -0.670. The molecule has 4 atom stereocenters. The summed E-state index contributed by atoms with van der Waals surface area (Å²) < 4.78 is 11.4. The number of carbonyl (C=O) groups excluding carboxylic acids is 1. The average Bonchev–Trinajstić information content (AvgIpc) is 2.89. The standard InChI is InChI=1S/C20H30O3/c1-19-10-8-15-14-9-11-20(22-2,23-3)12-13(14)4-5-16(15)17(19)6-7-18(19)21/h15-17H,4-12H2,1-3H3. The fourth-order valence-corrected chi connectivity index (χ4v) is 6.39. The van der Waals surface area contributed by atoms with Crippen molar-refractivity contribution in [3.05, 3.63) is 11.1 Å². The molecule has 0 saturated heterocycles. The highest BCUT2D eigenvalue weighted by atomic mass is 16.7. The van der Waals surface area contributed by atoms with Gasteiger partial charge in [-0.15, -0.1) is 0 Å². The van der Waals surface area contributed by atoms with Gasteiger partial charge in [0, 0.05) is 38.9 Å². The molecule has 0 aromatic heterocycles. The van der Waals surface area contributed by atoms with Crippen molar-refractivity contribution in [3.63, 3.8) is 0 Å². The van der Waals surface area contributed by atoms with Gasteiger partial charge in [0.05, 0.1) is 0 Å². The lowest BCUT2D eigenvalue weighted by Crippen LogP contribution is -2.46. The first kappa shape index (κ1) is 15.8. The van der Waals surface area contributed by atoms with Crippen LogP contribution in [0.4, 0.5) is 0 Å². The molecule has 4 rings (SSSR count). The van der Waals surface area contributed by atoms with Crippen LogP contribution in [-0.2, 0) is 14.3 Å². The largest absolute Gasteiger partial charge is 0.353 e. The number of ketones is 1. The first-order chi connectivity index (χ1) is 11.0. The van der Waals surface area contributed by atoms with E-state index in [1.54, 1.807) is 25.4 Å². The highest BCUT2D eigenvalue weighted by molar-refractivity contribution is 5.87. The number of hydrogen-bond donors (Lipinski definition) is 0. The summed E-state index contributed by atoms with van der Waals surface area (Å²) in [6, 6.07) is 0. The number of methoxy groups -OCH3 is 2. The monoisotopic (exact) mass is 318 g/mol. The zero-order chi connectivity index (χ0) is 16.2. The average molecular weight is 318 g/mol. The fourth-order valence-electron chi connectivity index (χ4n) is 6.39. The topological polar surface area (TPSA) is 35.5 Å². The van der Waals surface area contributed by atoms with Gasteiger partial charge in [0.25, 0.3) is 0 Å². The molecule has 0 radical (unpaired) electrons. The van der Waals surface area contributed by atoms with E-state index in [0.717, 1.165) is 50.4 Å². The van der Waals surface area contributed by atoms with Gasteiger partial charge in [-0.2, -0.15) is 0 Å². The minimum Gasteiger partial charge on any atom is -0.353 e. The molecule has 128 valence electrons. The second kappa shape index (κ2) is 5.42. The number of ether oxygens (including phenoxy) is 2. The molecule has 4 aliphatic carbocycles. The van der Waals surface area contributed by atoms with E-state index in [1.807, 2.05) is 0 Å². The van der Waals surface area contributed by atoms with Crippen molar-refractivity contribution in [2.24, 2.45) is 23.2 Å². The van der Waals surface area contributed by atoms with Crippen LogP contribution in [0.2, 0.25) is 0 Å². The van der Waals surface area contributed by atoms with Crippen LogP contribution in [0.1, 0.15) is 64.7 Å². The van der Waals surface area contributed by atoms with Gasteiger partial charge < -0.3 is 9.47 Å². The number of hydrogen-bond acceptors (Lipinski definition) is 3. The van der Waals surface area contributed by atoms with E-state index in [4.69, 9.17) is 9.47 Å². The van der Waals surface area contributed by atoms with Crippen LogP contribution in [0.3, 0.4) is 0 Å². The van der Waals surface area contributed by atoms with Crippen molar-refractivity contribution in [2.75, 3.05) is 14.2 Å². The first-order valence-electron chi connectivity index (χ1n) is 9.37. The number of allylic oxidation sites excluding steroid dienone is 1. The van der Waals surface area contributed by atoms with Crippen molar-refractivity contribution in [1.29, 1.82) is 0 Å². The van der Waals surface area contributed by atoms with Crippen molar-refractivity contribution in [2.45, 2.75) is 70.5 Å². The van der Waals surface area contributed by atoms with Crippen LogP contribution >= 0.6 is 0 Å². The molecule has 23 heavy (non-hydrogen) atoms. The van der Waals surface area contributed by atoms with E-state index >= 15 is 0 Å². The van der Waals surface area contributed by atoms with Crippen LogP contribution < -0.4 is 0 Å². The summed E-state index contributed by atoms with van der Waals surface area (Å²) in [4.78, 5) is 12.4. The molecule has 0 N–H and O–H groups in total. The molecular weight excluding hydrogens is 288 g/mol. The minimum atomic E-state index is -0.391. The van der Waals surface area contributed by atoms with Crippen molar-refractivity contribution in [1.82, 2.24) is 0 Å². The highest BCUT2D eigenvalue weighted by Gasteiger charge is 2.55. The SMILES string of the molecule is COC1(OC)CCC2=C(CCC3C2CCC2(C)C(=O)CCC32)C1. The molecule has 0 aliphatic heterocycles. The molecule has 0 aromatic rings. The van der Waals surface area contributed by atoms with E-state index in [9.17, 15) is 4.79 Å². The molecule has 0 aromatic carbocycles. The Morgan fingerprint density at radius 2 is 1.78 bits per heavy atom.